The maximum absolute atomic E-state index is 12.0. The molecule has 2 rings (SSSR count). The number of benzene rings is 1. The predicted molar refractivity (Wildman–Crippen MR) is 72.9 cm³/mol. The van der Waals surface area contributed by atoms with Crippen LogP contribution >= 0.6 is 0 Å². The molecule has 1 aromatic carbocycles. The Morgan fingerprint density at radius 3 is 2.50 bits per heavy atom. The average molecular weight is 246 g/mol. The van der Waals surface area contributed by atoms with E-state index < -0.39 is 0 Å². The van der Waals surface area contributed by atoms with Gasteiger partial charge in [-0.3, -0.25) is 4.79 Å². The van der Waals surface area contributed by atoms with E-state index in [0.717, 1.165) is 18.6 Å². The lowest BCUT2D eigenvalue weighted by atomic mass is 9.85. The maximum Gasteiger partial charge on any atom is 0.139 e. The monoisotopic (exact) mass is 246 g/mol. The summed E-state index contributed by atoms with van der Waals surface area (Å²) in [5.41, 5.74) is 1.22. The van der Waals surface area contributed by atoms with Crippen molar-refractivity contribution in [1.29, 1.82) is 0 Å². The number of carbonyl (C=O) groups excluding carboxylic acids is 1. The smallest absolute Gasteiger partial charge is 0.139 e. The molecule has 0 amide bonds. The number of rotatable bonds is 5. The van der Waals surface area contributed by atoms with Gasteiger partial charge in [0.25, 0.3) is 0 Å². The highest BCUT2D eigenvalue weighted by atomic mass is 16.5. The van der Waals surface area contributed by atoms with Gasteiger partial charge in [-0.05, 0) is 31.9 Å². The third-order valence-corrected chi connectivity index (χ3v) is 3.70. The second-order valence-electron chi connectivity index (χ2n) is 5.21. The summed E-state index contributed by atoms with van der Waals surface area (Å²) in [6, 6.07) is 7.97. The van der Waals surface area contributed by atoms with Crippen molar-refractivity contribution >= 4 is 5.78 Å². The van der Waals surface area contributed by atoms with Gasteiger partial charge >= 0.3 is 0 Å². The molecule has 0 radical (unpaired) electrons. The Morgan fingerprint density at radius 1 is 1.17 bits per heavy atom. The molecule has 0 bridgehead atoms. The standard InChI is InChI=1S/C16H22O2/c1-13-7-9-15(10-8-13)18-12-11-16(17)14-5-3-2-4-6-14/h7-10,14H,2-6,11-12H2,1H3. The Kier molecular flexibility index (Phi) is 4.80. The summed E-state index contributed by atoms with van der Waals surface area (Å²) in [6.45, 7) is 2.56. The zero-order valence-electron chi connectivity index (χ0n) is 11.2. The number of carbonyl (C=O) groups is 1. The van der Waals surface area contributed by atoms with E-state index in [1.165, 1.54) is 24.8 Å². The number of hydrogen-bond donors (Lipinski definition) is 0. The van der Waals surface area contributed by atoms with Crippen molar-refractivity contribution in [3.05, 3.63) is 29.8 Å². The molecular formula is C16H22O2. The first-order chi connectivity index (χ1) is 8.75. The van der Waals surface area contributed by atoms with Crippen LogP contribution in [0.25, 0.3) is 0 Å². The lowest BCUT2D eigenvalue weighted by molar-refractivity contribution is -0.124. The highest BCUT2D eigenvalue weighted by molar-refractivity contribution is 5.81. The molecule has 1 aromatic rings. The molecule has 0 heterocycles. The van der Waals surface area contributed by atoms with Crippen molar-refractivity contribution in [3.8, 4) is 5.75 Å². The molecule has 0 aromatic heterocycles. The minimum absolute atomic E-state index is 0.306. The first-order valence-electron chi connectivity index (χ1n) is 6.98. The zero-order valence-corrected chi connectivity index (χ0v) is 11.2. The van der Waals surface area contributed by atoms with Gasteiger partial charge in [-0.2, -0.15) is 0 Å². The molecular weight excluding hydrogens is 224 g/mol. The Hall–Kier alpha value is -1.31. The van der Waals surface area contributed by atoms with Crippen LogP contribution in [-0.4, -0.2) is 12.4 Å². The fourth-order valence-corrected chi connectivity index (χ4v) is 2.53. The van der Waals surface area contributed by atoms with Crippen LogP contribution in [0.4, 0.5) is 0 Å². The Labute approximate surface area is 109 Å². The van der Waals surface area contributed by atoms with Crippen molar-refractivity contribution in [2.45, 2.75) is 45.4 Å². The minimum Gasteiger partial charge on any atom is -0.493 e. The molecule has 0 aliphatic heterocycles. The minimum atomic E-state index is 0.306. The van der Waals surface area contributed by atoms with E-state index in [2.05, 4.69) is 6.92 Å². The molecule has 0 atom stereocenters. The van der Waals surface area contributed by atoms with E-state index in [9.17, 15) is 4.79 Å². The van der Waals surface area contributed by atoms with Gasteiger partial charge in [-0.15, -0.1) is 0 Å². The van der Waals surface area contributed by atoms with Gasteiger partial charge < -0.3 is 4.74 Å². The van der Waals surface area contributed by atoms with E-state index in [0.29, 0.717) is 24.7 Å². The second kappa shape index (κ2) is 6.58. The molecule has 1 saturated carbocycles. The quantitative estimate of drug-likeness (QED) is 0.787. The highest BCUT2D eigenvalue weighted by Gasteiger charge is 2.20. The molecule has 1 aliphatic rings. The summed E-state index contributed by atoms with van der Waals surface area (Å²) in [5, 5.41) is 0. The zero-order chi connectivity index (χ0) is 12.8. The van der Waals surface area contributed by atoms with Crippen LogP contribution in [0.15, 0.2) is 24.3 Å². The van der Waals surface area contributed by atoms with Crippen LogP contribution < -0.4 is 4.74 Å². The molecule has 18 heavy (non-hydrogen) atoms. The van der Waals surface area contributed by atoms with Crippen LogP contribution in [0.1, 0.15) is 44.1 Å². The summed E-state index contributed by atoms with van der Waals surface area (Å²) in [6.07, 6.45) is 6.46. The number of ether oxygens (including phenoxy) is 1. The maximum atomic E-state index is 12.0. The molecule has 2 nitrogen and oxygen atoms in total. The summed E-state index contributed by atoms with van der Waals surface area (Å²) in [7, 11) is 0. The largest absolute Gasteiger partial charge is 0.493 e. The topological polar surface area (TPSA) is 26.3 Å². The van der Waals surface area contributed by atoms with Crippen LogP contribution in [0.2, 0.25) is 0 Å². The number of hydrogen-bond acceptors (Lipinski definition) is 2. The van der Waals surface area contributed by atoms with Crippen LogP contribution in [0.3, 0.4) is 0 Å². The summed E-state index contributed by atoms with van der Waals surface area (Å²) < 4.78 is 5.60. The molecule has 1 fully saturated rings. The summed E-state index contributed by atoms with van der Waals surface area (Å²) in [4.78, 5) is 12.0. The van der Waals surface area contributed by atoms with Gasteiger partial charge in [-0.1, -0.05) is 37.0 Å². The average Bonchev–Trinajstić information content (AvgIpc) is 2.42. The fourth-order valence-electron chi connectivity index (χ4n) is 2.53. The molecule has 0 saturated heterocycles. The van der Waals surface area contributed by atoms with Crippen molar-refractivity contribution in [3.63, 3.8) is 0 Å². The number of Topliss-reactive ketones (excluding diaryl/α,β-unsaturated/α-hetero) is 1. The van der Waals surface area contributed by atoms with E-state index in [4.69, 9.17) is 4.74 Å². The van der Waals surface area contributed by atoms with E-state index >= 15 is 0 Å². The van der Waals surface area contributed by atoms with Crippen molar-refractivity contribution in [2.75, 3.05) is 6.61 Å². The third kappa shape index (κ3) is 3.86. The van der Waals surface area contributed by atoms with Gasteiger partial charge in [-0.25, -0.2) is 0 Å². The molecule has 0 spiro atoms. The normalized spacial score (nSPS) is 16.5. The highest BCUT2D eigenvalue weighted by Crippen LogP contribution is 2.25. The van der Waals surface area contributed by atoms with Gasteiger partial charge in [0.2, 0.25) is 0 Å². The molecule has 2 heteroatoms. The first kappa shape index (κ1) is 13.1. The second-order valence-corrected chi connectivity index (χ2v) is 5.21. The van der Waals surface area contributed by atoms with Crippen LogP contribution in [0, 0.1) is 12.8 Å². The fraction of sp³-hybridized carbons (Fsp3) is 0.562. The predicted octanol–water partition coefficient (Wildman–Crippen LogP) is 3.91. The SMILES string of the molecule is Cc1ccc(OCCC(=O)C2CCCCC2)cc1. The van der Waals surface area contributed by atoms with Gasteiger partial charge in [0.1, 0.15) is 11.5 Å². The first-order valence-corrected chi connectivity index (χ1v) is 6.98. The number of ketones is 1. The van der Waals surface area contributed by atoms with E-state index in [1.54, 1.807) is 0 Å². The van der Waals surface area contributed by atoms with Gasteiger partial charge in [0, 0.05) is 12.3 Å². The summed E-state index contributed by atoms with van der Waals surface area (Å²) in [5.74, 6) is 1.55. The van der Waals surface area contributed by atoms with Crippen LogP contribution in [-0.2, 0) is 4.79 Å². The third-order valence-electron chi connectivity index (χ3n) is 3.70. The lowest BCUT2D eigenvalue weighted by Crippen LogP contribution is -2.19. The Bertz CT molecular complexity index is 375. The number of aryl methyl sites for hydroxylation is 1. The molecule has 0 N–H and O–H groups in total. The Morgan fingerprint density at radius 2 is 1.83 bits per heavy atom. The molecule has 1 aliphatic carbocycles. The van der Waals surface area contributed by atoms with E-state index in [1.807, 2.05) is 24.3 Å². The van der Waals surface area contributed by atoms with Crippen molar-refractivity contribution < 1.29 is 9.53 Å². The van der Waals surface area contributed by atoms with Crippen molar-refractivity contribution in [1.82, 2.24) is 0 Å². The molecule has 0 unspecified atom stereocenters. The summed E-state index contributed by atoms with van der Waals surface area (Å²) >= 11 is 0. The molecule has 98 valence electrons. The van der Waals surface area contributed by atoms with Crippen LogP contribution in [0.5, 0.6) is 5.75 Å². The van der Waals surface area contributed by atoms with Crippen molar-refractivity contribution in [2.24, 2.45) is 5.92 Å². The Balaban J connectivity index is 1.71. The lowest BCUT2D eigenvalue weighted by Gasteiger charge is -2.20. The van der Waals surface area contributed by atoms with Gasteiger partial charge in [0.05, 0.1) is 6.61 Å². The van der Waals surface area contributed by atoms with E-state index in [-0.39, 0.29) is 0 Å². The van der Waals surface area contributed by atoms with Gasteiger partial charge in [0.15, 0.2) is 0 Å².